The van der Waals surface area contributed by atoms with E-state index in [1.54, 1.807) is 0 Å². The Kier molecular flexibility index (Phi) is 9.45. The summed E-state index contributed by atoms with van der Waals surface area (Å²) in [6.45, 7) is 6.54. The van der Waals surface area contributed by atoms with Crippen LogP contribution in [0.3, 0.4) is 0 Å². The summed E-state index contributed by atoms with van der Waals surface area (Å²) in [5.41, 5.74) is 3.03. The standard InChI is InChI=1S/C28H37F2NO3/c1-18(2)12-20-8-9-28-25(15-20)22(10-11-34-28)6-4-5-7-27(33)26(31-19(3)32)16-21-13-23(29)17-24(30)14-21/h8-9,13-15,17-18,22,26-27,33H,4-7,10-12,16H2,1-3H3,(H,31,32)/t22-,26-,27+/m0/s1. The molecule has 2 N–H and O–H groups in total. The summed E-state index contributed by atoms with van der Waals surface area (Å²) in [7, 11) is 0. The van der Waals surface area contributed by atoms with Gasteiger partial charge in [-0.25, -0.2) is 8.78 Å². The lowest BCUT2D eigenvalue weighted by molar-refractivity contribution is -0.120. The maximum Gasteiger partial charge on any atom is 0.217 e. The number of unbranched alkanes of at least 4 members (excludes halogenated alkanes) is 1. The highest BCUT2D eigenvalue weighted by atomic mass is 19.1. The molecule has 3 rings (SSSR count). The van der Waals surface area contributed by atoms with Crippen molar-refractivity contribution in [1.29, 1.82) is 0 Å². The molecule has 2 aromatic rings. The Balaban J connectivity index is 1.55. The van der Waals surface area contributed by atoms with Crippen molar-refractivity contribution >= 4 is 5.91 Å². The minimum atomic E-state index is -0.796. The number of hydrogen-bond acceptors (Lipinski definition) is 3. The molecule has 186 valence electrons. The van der Waals surface area contributed by atoms with Crippen LogP contribution in [0.2, 0.25) is 0 Å². The predicted octanol–water partition coefficient (Wildman–Crippen LogP) is 5.70. The first-order valence-electron chi connectivity index (χ1n) is 12.4. The van der Waals surface area contributed by atoms with Crippen LogP contribution in [0.25, 0.3) is 0 Å². The Bertz CT molecular complexity index is 942. The number of carbonyl (C=O) groups is 1. The Morgan fingerprint density at radius 2 is 1.82 bits per heavy atom. The minimum absolute atomic E-state index is 0.168. The average Bonchev–Trinajstić information content (AvgIpc) is 2.75. The molecule has 0 fully saturated rings. The molecule has 34 heavy (non-hydrogen) atoms. The van der Waals surface area contributed by atoms with Gasteiger partial charge in [-0.1, -0.05) is 38.8 Å². The molecule has 3 atom stereocenters. The van der Waals surface area contributed by atoms with Gasteiger partial charge in [0.15, 0.2) is 0 Å². The maximum absolute atomic E-state index is 13.6. The highest BCUT2D eigenvalue weighted by Gasteiger charge is 2.24. The normalized spacial score (nSPS) is 17.1. The Hall–Kier alpha value is -2.47. The minimum Gasteiger partial charge on any atom is -0.493 e. The van der Waals surface area contributed by atoms with Gasteiger partial charge in [-0.05, 0) is 78.8 Å². The van der Waals surface area contributed by atoms with E-state index in [1.807, 2.05) is 0 Å². The zero-order chi connectivity index (χ0) is 24.7. The van der Waals surface area contributed by atoms with Gasteiger partial charge in [0.1, 0.15) is 17.4 Å². The topological polar surface area (TPSA) is 58.6 Å². The lowest BCUT2D eigenvalue weighted by Crippen LogP contribution is -2.44. The van der Waals surface area contributed by atoms with Crippen molar-refractivity contribution in [2.24, 2.45) is 5.92 Å². The van der Waals surface area contributed by atoms with Crippen molar-refractivity contribution in [3.8, 4) is 5.75 Å². The molecule has 1 amide bonds. The zero-order valence-electron chi connectivity index (χ0n) is 20.4. The quantitative estimate of drug-likeness (QED) is 0.412. The third-order valence-electron chi connectivity index (χ3n) is 6.42. The number of amides is 1. The second-order valence-electron chi connectivity index (χ2n) is 9.94. The lowest BCUT2D eigenvalue weighted by atomic mass is 9.86. The molecule has 0 spiro atoms. The van der Waals surface area contributed by atoms with Crippen molar-refractivity contribution in [2.75, 3.05) is 6.61 Å². The van der Waals surface area contributed by atoms with E-state index < -0.39 is 23.8 Å². The summed E-state index contributed by atoms with van der Waals surface area (Å²) in [5, 5.41) is 13.5. The molecule has 0 aromatic heterocycles. The fourth-order valence-electron chi connectivity index (χ4n) is 4.89. The second-order valence-corrected chi connectivity index (χ2v) is 9.94. The SMILES string of the molecule is CC(=O)N[C@@H](Cc1cc(F)cc(F)c1)[C@H](O)CCCC[C@H]1CCOc2ccc(CC(C)C)cc21. The molecule has 6 heteroatoms. The van der Waals surface area contributed by atoms with E-state index in [0.717, 1.165) is 50.5 Å². The van der Waals surface area contributed by atoms with Gasteiger partial charge in [0, 0.05) is 13.0 Å². The lowest BCUT2D eigenvalue weighted by Gasteiger charge is -2.27. The number of halogens is 2. The number of benzene rings is 2. The van der Waals surface area contributed by atoms with Crippen molar-refractivity contribution in [2.45, 2.75) is 83.8 Å². The molecule has 1 heterocycles. The van der Waals surface area contributed by atoms with E-state index in [4.69, 9.17) is 4.74 Å². The summed E-state index contributed by atoms with van der Waals surface area (Å²) in [5.74, 6) is 0.407. The van der Waals surface area contributed by atoms with Crippen LogP contribution in [-0.4, -0.2) is 29.8 Å². The Labute approximate surface area is 201 Å². The van der Waals surface area contributed by atoms with E-state index in [0.29, 0.717) is 23.8 Å². The van der Waals surface area contributed by atoms with Crippen LogP contribution >= 0.6 is 0 Å². The first-order valence-corrected chi connectivity index (χ1v) is 12.4. The van der Waals surface area contributed by atoms with Gasteiger partial charge in [-0.3, -0.25) is 4.79 Å². The number of nitrogens with one attached hydrogen (secondary N) is 1. The summed E-state index contributed by atoms with van der Waals surface area (Å²) >= 11 is 0. The number of hydrogen-bond donors (Lipinski definition) is 2. The van der Waals surface area contributed by atoms with Gasteiger partial charge in [-0.2, -0.15) is 0 Å². The number of carbonyl (C=O) groups excluding carboxylic acids is 1. The first kappa shape index (κ1) is 26.1. The summed E-state index contributed by atoms with van der Waals surface area (Å²) < 4.78 is 33.0. The molecule has 2 aromatic carbocycles. The highest BCUT2D eigenvalue weighted by molar-refractivity contribution is 5.73. The third-order valence-corrected chi connectivity index (χ3v) is 6.42. The van der Waals surface area contributed by atoms with Crippen molar-refractivity contribution in [1.82, 2.24) is 5.32 Å². The van der Waals surface area contributed by atoms with E-state index in [9.17, 15) is 18.7 Å². The predicted molar refractivity (Wildman–Crippen MR) is 130 cm³/mol. The van der Waals surface area contributed by atoms with Gasteiger partial charge in [-0.15, -0.1) is 0 Å². The molecule has 0 saturated carbocycles. The van der Waals surface area contributed by atoms with Gasteiger partial charge < -0.3 is 15.2 Å². The number of rotatable bonds is 11. The van der Waals surface area contributed by atoms with E-state index >= 15 is 0 Å². The molecule has 0 bridgehead atoms. The largest absolute Gasteiger partial charge is 0.493 e. The first-order chi connectivity index (χ1) is 16.2. The molecule has 0 unspecified atom stereocenters. The maximum atomic E-state index is 13.6. The molecule has 4 nitrogen and oxygen atoms in total. The fourth-order valence-corrected chi connectivity index (χ4v) is 4.89. The van der Waals surface area contributed by atoms with Crippen LogP contribution < -0.4 is 10.1 Å². The third kappa shape index (κ3) is 7.79. The summed E-state index contributed by atoms with van der Waals surface area (Å²) in [4.78, 5) is 11.6. The number of aliphatic hydroxyl groups is 1. The monoisotopic (exact) mass is 473 g/mol. The number of aliphatic hydroxyl groups excluding tert-OH is 1. The van der Waals surface area contributed by atoms with Gasteiger partial charge >= 0.3 is 0 Å². The summed E-state index contributed by atoms with van der Waals surface area (Å²) in [6, 6.07) is 9.23. The average molecular weight is 474 g/mol. The van der Waals surface area contributed by atoms with Crippen LogP contribution in [0, 0.1) is 17.6 Å². The fraction of sp³-hybridized carbons (Fsp3) is 0.536. The molecular formula is C28H37F2NO3. The number of fused-ring (bicyclic) bond motifs is 1. The van der Waals surface area contributed by atoms with Crippen LogP contribution in [0.1, 0.15) is 75.5 Å². The van der Waals surface area contributed by atoms with Crippen molar-refractivity contribution < 1.29 is 23.4 Å². The Morgan fingerprint density at radius 3 is 2.50 bits per heavy atom. The van der Waals surface area contributed by atoms with Crippen molar-refractivity contribution in [3.63, 3.8) is 0 Å². The zero-order valence-corrected chi connectivity index (χ0v) is 20.4. The molecule has 0 saturated heterocycles. The molecule has 0 aliphatic carbocycles. The van der Waals surface area contributed by atoms with E-state index in [-0.39, 0.29) is 12.3 Å². The second kappa shape index (κ2) is 12.3. The number of ether oxygens (including phenoxy) is 1. The molecular weight excluding hydrogens is 436 g/mol. The molecule has 1 aliphatic heterocycles. The Morgan fingerprint density at radius 1 is 1.09 bits per heavy atom. The van der Waals surface area contributed by atoms with E-state index in [2.05, 4.69) is 37.4 Å². The van der Waals surface area contributed by atoms with Crippen LogP contribution in [0.4, 0.5) is 8.78 Å². The molecule has 0 radical (unpaired) electrons. The van der Waals surface area contributed by atoms with Gasteiger partial charge in [0.05, 0.1) is 18.8 Å². The van der Waals surface area contributed by atoms with Crippen molar-refractivity contribution in [3.05, 3.63) is 64.7 Å². The van der Waals surface area contributed by atoms with Gasteiger partial charge in [0.2, 0.25) is 5.91 Å². The van der Waals surface area contributed by atoms with Crippen LogP contribution in [-0.2, 0) is 17.6 Å². The van der Waals surface area contributed by atoms with Gasteiger partial charge in [0.25, 0.3) is 0 Å². The summed E-state index contributed by atoms with van der Waals surface area (Å²) in [6.07, 6.45) is 4.66. The van der Waals surface area contributed by atoms with Crippen LogP contribution in [0.15, 0.2) is 36.4 Å². The molecule has 1 aliphatic rings. The van der Waals surface area contributed by atoms with E-state index in [1.165, 1.54) is 30.2 Å². The van der Waals surface area contributed by atoms with Crippen LogP contribution in [0.5, 0.6) is 5.75 Å². The highest BCUT2D eigenvalue weighted by Crippen LogP contribution is 2.38. The smallest absolute Gasteiger partial charge is 0.217 e.